The maximum absolute atomic E-state index is 12.7. The molecule has 1 fully saturated rings. The summed E-state index contributed by atoms with van der Waals surface area (Å²) in [4.78, 5) is 13.3. The van der Waals surface area contributed by atoms with Crippen molar-refractivity contribution in [1.29, 1.82) is 0 Å². The van der Waals surface area contributed by atoms with Crippen LogP contribution in [-0.4, -0.2) is 51.1 Å². The van der Waals surface area contributed by atoms with Gasteiger partial charge in [-0.3, -0.25) is 4.79 Å². The van der Waals surface area contributed by atoms with E-state index < -0.39 is 15.9 Å². The molecule has 0 unspecified atom stereocenters. The number of hydrogen-bond acceptors (Lipinski definition) is 6. The number of nitrogens with one attached hydrogen (secondary N) is 1. The summed E-state index contributed by atoms with van der Waals surface area (Å²) in [6.07, 6.45) is 1.58. The number of carbonyl (C=O) groups excluding carboxylic acids is 1. The molecule has 9 heteroatoms. The number of ether oxygens (including phenoxy) is 1. The summed E-state index contributed by atoms with van der Waals surface area (Å²) < 4.78 is 31.9. The van der Waals surface area contributed by atoms with E-state index in [4.69, 9.17) is 4.74 Å². The first-order chi connectivity index (χ1) is 12.5. The fourth-order valence-corrected chi connectivity index (χ4v) is 4.71. The Morgan fingerprint density at radius 1 is 1.31 bits per heavy atom. The number of thiophene rings is 1. The van der Waals surface area contributed by atoms with Crippen LogP contribution in [-0.2, 0) is 14.8 Å². The molecule has 26 heavy (non-hydrogen) atoms. The monoisotopic (exact) mass is 393 g/mol. The molecule has 2 aromatic rings. The maximum atomic E-state index is 12.7. The van der Waals surface area contributed by atoms with Crippen LogP contribution in [0.4, 0.5) is 0 Å². The molecule has 1 amide bonds. The average molecular weight is 393 g/mol. The highest BCUT2D eigenvalue weighted by Crippen LogP contribution is 2.18. The molecule has 0 bridgehead atoms. The average Bonchev–Trinajstić information content (AvgIpc) is 3.07. The lowest BCUT2D eigenvalue weighted by Crippen LogP contribution is -2.40. The number of carbonyl (C=O) groups is 1. The van der Waals surface area contributed by atoms with E-state index in [1.165, 1.54) is 27.8 Å². The van der Waals surface area contributed by atoms with Crippen LogP contribution >= 0.6 is 11.3 Å². The summed E-state index contributed by atoms with van der Waals surface area (Å²) in [5, 5.41) is 5.89. The molecule has 0 spiro atoms. The quantitative estimate of drug-likeness (QED) is 0.620. The van der Waals surface area contributed by atoms with E-state index in [0.29, 0.717) is 26.3 Å². The van der Waals surface area contributed by atoms with Gasteiger partial charge >= 0.3 is 0 Å². The number of rotatable bonds is 5. The number of nitrogens with zero attached hydrogens (tertiary/aromatic N) is 2. The van der Waals surface area contributed by atoms with E-state index in [9.17, 15) is 13.2 Å². The molecule has 0 radical (unpaired) electrons. The van der Waals surface area contributed by atoms with E-state index >= 15 is 0 Å². The van der Waals surface area contributed by atoms with Crippen molar-refractivity contribution in [2.75, 3.05) is 26.3 Å². The Kier molecular flexibility index (Phi) is 5.82. The van der Waals surface area contributed by atoms with Crippen molar-refractivity contribution in [3.8, 4) is 0 Å². The molecule has 1 aliphatic heterocycles. The molecular formula is C17H19N3O4S2. The molecule has 1 saturated heterocycles. The predicted octanol–water partition coefficient (Wildman–Crippen LogP) is 1.84. The van der Waals surface area contributed by atoms with Gasteiger partial charge in [-0.05, 0) is 42.1 Å². The van der Waals surface area contributed by atoms with E-state index in [1.54, 1.807) is 18.3 Å². The highest BCUT2D eigenvalue weighted by Gasteiger charge is 2.26. The first-order valence-corrected chi connectivity index (χ1v) is 10.4. The third kappa shape index (κ3) is 4.18. The van der Waals surface area contributed by atoms with Crippen LogP contribution in [0.3, 0.4) is 0 Å². The minimum Gasteiger partial charge on any atom is -0.379 e. The Bertz CT molecular complexity index is 916. The van der Waals surface area contributed by atoms with Gasteiger partial charge in [0.25, 0.3) is 5.91 Å². The van der Waals surface area contributed by atoms with E-state index in [-0.39, 0.29) is 10.5 Å². The van der Waals surface area contributed by atoms with Crippen molar-refractivity contribution in [3.63, 3.8) is 0 Å². The molecule has 7 nitrogen and oxygen atoms in total. The summed E-state index contributed by atoms with van der Waals surface area (Å²) in [6, 6.07) is 7.93. The van der Waals surface area contributed by atoms with Crippen molar-refractivity contribution >= 4 is 33.5 Å². The van der Waals surface area contributed by atoms with Crippen LogP contribution in [0.15, 0.2) is 45.7 Å². The number of hydrazone groups is 1. The Labute approximate surface area is 156 Å². The minimum absolute atomic E-state index is 0.0881. The van der Waals surface area contributed by atoms with E-state index in [1.807, 2.05) is 18.4 Å². The Morgan fingerprint density at radius 3 is 2.77 bits per heavy atom. The van der Waals surface area contributed by atoms with Crippen LogP contribution in [0.5, 0.6) is 0 Å². The van der Waals surface area contributed by atoms with Crippen LogP contribution in [0, 0.1) is 6.92 Å². The van der Waals surface area contributed by atoms with Gasteiger partial charge in [0.2, 0.25) is 10.0 Å². The lowest BCUT2D eigenvalue weighted by atomic mass is 10.2. The second-order valence-electron chi connectivity index (χ2n) is 5.71. The van der Waals surface area contributed by atoms with Crippen LogP contribution < -0.4 is 5.43 Å². The molecule has 1 aromatic heterocycles. The molecule has 0 saturated carbocycles. The number of benzene rings is 1. The van der Waals surface area contributed by atoms with Gasteiger partial charge < -0.3 is 4.74 Å². The van der Waals surface area contributed by atoms with Crippen molar-refractivity contribution in [3.05, 3.63) is 51.7 Å². The molecule has 1 N–H and O–H groups in total. The molecule has 2 heterocycles. The maximum Gasteiger partial charge on any atom is 0.271 e. The summed E-state index contributed by atoms with van der Waals surface area (Å²) in [7, 11) is -3.64. The zero-order valence-electron chi connectivity index (χ0n) is 14.2. The van der Waals surface area contributed by atoms with Crippen molar-refractivity contribution in [2.24, 2.45) is 5.10 Å². The normalized spacial score (nSPS) is 16.0. The third-order valence-electron chi connectivity index (χ3n) is 3.95. The molecule has 1 aromatic carbocycles. The minimum atomic E-state index is -3.64. The number of aryl methyl sites for hydroxylation is 1. The van der Waals surface area contributed by atoms with Crippen LogP contribution in [0.1, 0.15) is 20.8 Å². The highest BCUT2D eigenvalue weighted by molar-refractivity contribution is 7.89. The van der Waals surface area contributed by atoms with Gasteiger partial charge in [-0.15, -0.1) is 11.3 Å². The molecule has 3 rings (SSSR count). The fraction of sp³-hybridized carbons (Fsp3) is 0.294. The number of hydrogen-bond donors (Lipinski definition) is 1. The first kappa shape index (κ1) is 18.7. The predicted molar refractivity (Wildman–Crippen MR) is 100 cm³/mol. The van der Waals surface area contributed by atoms with Gasteiger partial charge in [0.1, 0.15) is 0 Å². The van der Waals surface area contributed by atoms with Crippen molar-refractivity contribution in [1.82, 2.24) is 9.73 Å². The molecular weight excluding hydrogens is 374 g/mol. The topological polar surface area (TPSA) is 88.1 Å². The van der Waals surface area contributed by atoms with Gasteiger partial charge in [-0.2, -0.15) is 9.41 Å². The zero-order valence-corrected chi connectivity index (χ0v) is 15.8. The summed E-state index contributed by atoms with van der Waals surface area (Å²) in [5.41, 5.74) is 3.74. The highest BCUT2D eigenvalue weighted by atomic mass is 32.2. The van der Waals surface area contributed by atoms with Gasteiger partial charge in [0.15, 0.2) is 0 Å². The summed E-state index contributed by atoms with van der Waals surface area (Å²) >= 11 is 1.52. The fourth-order valence-electron chi connectivity index (χ4n) is 2.46. The lowest BCUT2D eigenvalue weighted by molar-refractivity contribution is 0.0730. The van der Waals surface area contributed by atoms with Gasteiger partial charge in [-0.1, -0.05) is 6.07 Å². The summed E-state index contributed by atoms with van der Waals surface area (Å²) in [5.74, 6) is -0.463. The largest absolute Gasteiger partial charge is 0.379 e. The Morgan fingerprint density at radius 2 is 2.08 bits per heavy atom. The third-order valence-corrected chi connectivity index (χ3v) is 6.80. The second kappa shape index (κ2) is 8.09. The SMILES string of the molecule is Cc1ccsc1/C=N/NC(=O)c1cccc(S(=O)(=O)N2CCOCC2)c1. The van der Waals surface area contributed by atoms with Crippen molar-refractivity contribution in [2.45, 2.75) is 11.8 Å². The molecule has 0 aliphatic carbocycles. The standard InChI is InChI=1S/C17H19N3O4S2/c1-13-5-10-25-16(13)12-18-19-17(21)14-3-2-4-15(11-14)26(22,23)20-6-8-24-9-7-20/h2-5,10-12H,6-9H2,1H3,(H,19,21)/b18-12+. The number of morpholine rings is 1. The van der Waals surface area contributed by atoms with Crippen LogP contribution in [0.25, 0.3) is 0 Å². The van der Waals surface area contributed by atoms with E-state index in [2.05, 4.69) is 10.5 Å². The molecule has 0 atom stereocenters. The first-order valence-electron chi connectivity index (χ1n) is 8.04. The van der Waals surface area contributed by atoms with E-state index in [0.717, 1.165) is 10.4 Å². The van der Waals surface area contributed by atoms with Crippen molar-refractivity contribution < 1.29 is 17.9 Å². The Balaban J connectivity index is 1.73. The van der Waals surface area contributed by atoms with Gasteiger partial charge in [0.05, 0.1) is 24.3 Å². The Hall–Kier alpha value is -2.07. The number of amides is 1. The van der Waals surface area contributed by atoms with Gasteiger partial charge in [-0.25, -0.2) is 13.8 Å². The molecule has 1 aliphatic rings. The smallest absolute Gasteiger partial charge is 0.271 e. The lowest BCUT2D eigenvalue weighted by Gasteiger charge is -2.26. The second-order valence-corrected chi connectivity index (χ2v) is 8.60. The molecule has 138 valence electrons. The number of sulfonamides is 1. The van der Waals surface area contributed by atoms with Crippen LogP contribution in [0.2, 0.25) is 0 Å². The zero-order chi connectivity index (χ0) is 18.6. The summed E-state index contributed by atoms with van der Waals surface area (Å²) in [6.45, 7) is 3.32. The van der Waals surface area contributed by atoms with Gasteiger partial charge in [0, 0.05) is 23.5 Å².